The maximum atomic E-state index is 13.6. The Labute approximate surface area is 169 Å². The molecule has 0 N–H and O–H groups in total. The van der Waals surface area contributed by atoms with Gasteiger partial charge in [0.15, 0.2) is 0 Å². The first-order valence-corrected chi connectivity index (χ1v) is 9.30. The van der Waals surface area contributed by atoms with E-state index in [4.69, 9.17) is 9.47 Å². The third-order valence-corrected chi connectivity index (χ3v) is 5.43. The fourth-order valence-electron chi connectivity index (χ4n) is 4.19. The van der Waals surface area contributed by atoms with Gasteiger partial charge in [0.2, 0.25) is 0 Å². The Kier molecular flexibility index (Phi) is 4.77. The fourth-order valence-corrected chi connectivity index (χ4v) is 4.19. The molecule has 4 heteroatoms. The van der Waals surface area contributed by atoms with Gasteiger partial charge < -0.3 is 9.47 Å². The predicted molar refractivity (Wildman–Crippen MR) is 110 cm³/mol. The molecule has 3 aromatic rings. The highest BCUT2D eigenvalue weighted by atomic mass is 16.5. The van der Waals surface area contributed by atoms with Gasteiger partial charge in [-0.1, -0.05) is 85.4 Å². The largest absolute Gasteiger partial charge is 0.466 e. The number of fused-ring (bicyclic) bond motifs is 1. The first-order chi connectivity index (χ1) is 14.1. The minimum absolute atomic E-state index is 0.191. The monoisotopic (exact) mass is 384 g/mol. The van der Waals surface area contributed by atoms with E-state index in [1.54, 1.807) is 6.07 Å². The van der Waals surface area contributed by atoms with Gasteiger partial charge in [-0.15, -0.1) is 0 Å². The second kappa shape index (κ2) is 7.40. The van der Waals surface area contributed by atoms with Crippen LogP contribution in [0.25, 0.3) is 0 Å². The molecule has 1 aliphatic rings. The van der Waals surface area contributed by atoms with Crippen LogP contribution in [-0.2, 0) is 19.7 Å². The van der Waals surface area contributed by atoms with Gasteiger partial charge in [-0.3, -0.25) is 4.79 Å². The number of hydrogen-bond donors (Lipinski definition) is 0. The first kappa shape index (κ1) is 18.7. The van der Waals surface area contributed by atoms with Crippen LogP contribution in [-0.4, -0.2) is 19.0 Å². The van der Waals surface area contributed by atoms with Crippen molar-refractivity contribution in [2.45, 2.75) is 11.3 Å². The predicted octanol–water partition coefficient (Wildman–Crippen LogP) is 4.40. The lowest BCUT2D eigenvalue weighted by molar-refractivity contribution is -0.138. The number of carbonyl (C=O) groups is 2. The van der Waals surface area contributed by atoms with Gasteiger partial charge in [-0.05, 0) is 17.2 Å². The Morgan fingerprint density at radius 2 is 1.52 bits per heavy atom. The topological polar surface area (TPSA) is 52.6 Å². The van der Waals surface area contributed by atoms with Crippen molar-refractivity contribution in [2.75, 3.05) is 7.11 Å². The average molecular weight is 384 g/mol. The van der Waals surface area contributed by atoms with Crippen molar-refractivity contribution in [3.8, 4) is 5.75 Å². The van der Waals surface area contributed by atoms with Gasteiger partial charge in [0.1, 0.15) is 11.2 Å². The van der Waals surface area contributed by atoms with E-state index < -0.39 is 23.3 Å². The summed E-state index contributed by atoms with van der Waals surface area (Å²) in [5, 5.41) is 0. The molecular weight excluding hydrogens is 364 g/mol. The van der Waals surface area contributed by atoms with Gasteiger partial charge in [-0.2, -0.15) is 0 Å². The van der Waals surface area contributed by atoms with Crippen molar-refractivity contribution >= 4 is 11.9 Å². The molecule has 0 unspecified atom stereocenters. The van der Waals surface area contributed by atoms with Gasteiger partial charge in [-0.25, -0.2) is 4.79 Å². The van der Waals surface area contributed by atoms with Crippen molar-refractivity contribution in [1.29, 1.82) is 0 Å². The van der Waals surface area contributed by atoms with Crippen molar-refractivity contribution in [2.24, 2.45) is 0 Å². The van der Waals surface area contributed by atoms with Crippen LogP contribution in [0.15, 0.2) is 97.1 Å². The fraction of sp³-hybridized carbons (Fsp3) is 0.120. The molecule has 1 heterocycles. The minimum atomic E-state index is -1.26. The molecular formula is C25H20O4. The van der Waals surface area contributed by atoms with E-state index in [0.717, 1.165) is 11.1 Å². The van der Waals surface area contributed by atoms with Crippen LogP contribution in [0.1, 0.15) is 22.6 Å². The molecule has 4 rings (SSSR count). The zero-order valence-electron chi connectivity index (χ0n) is 16.0. The molecule has 144 valence electrons. The van der Waals surface area contributed by atoms with Crippen LogP contribution in [0, 0.1) is 0 Å². The lowest BCUT2D eigenvalue weighted by atomic mass is 9.62. The van der Waals surface area contributed by atoms with E-state index in [9.17, 15) is 9.59 Å². The molecule has 0 saturated carbocycles. The van der Waals surface area contributed by atoms with E-state index >= 15 is 0 Å². The molecule has 4 nitrogen and oxygen atoms in total. The van der Waals surface area contributed by atoms with Gasteiger partial charge >= 0.3 is 11.9 Å². The molecule has 0 bridgehead atoms. The maximum Gasteiger partial charge on any atom is 0.333 e. The number of esters is 2. The van der Waals surface area contributed by atoms with Crippen LogP contribution in [0.2, 0.25) is 0 Å². The molecule has 3 aromatic carbocycles. The highest BCUT2D eigenvalue weighted by molar-refractivity contribution is 6.00. The van der Waals surface area contributed by atoms with Crippen molar-refractivity contribution in [3.05, 3.63) is 114 Å². The SMILES string of the molecule is C=C(C(=O)OC)[C@@H](c1ccccc1)[C@@]1(c2ccccc2)C(=O)Oc2ccccc21. The Morgan fingerprint density at radius 3 is 2.17 bits per heavy atom. The molecule has 1 aliphatic heterocycles. The minimum Gasteiger partial charge on any atom is -0.466 e. The van der Waals surface area contributed by atoms with Crippen molar-refractivity contribution in [3.63, 3.8) is 0 Å². The van der Waals surface area contributed by atoms with E-state index in [1.807, 2.05) is 78.9 Å². The third-order valence-electron chi connectivity index (χ3n) is 5.43. The van der Waals surface area contributed by atoms with Crippen molar-refractivity contribution in [1.82, 2.24) is 0 Å². The van der Waals surface area contributed by atoms with E-state index in [1.165, 1.54) is 7.11 Å². The summed E-state index contributed by atoms with van der Waals surface area (Å²) in [7, 11) is 1.31. The summed E-state index contributed by atoms with van der Waals surface area (Å²) in [5.41, 5.74) is 1.14. The number of benzene rings is 3. The number of hydrogen-bond acceptors (Lipinski definition) is 4. The normalized spacial score (nSPS) is 18.4. The highest BCUT2D eigenvalue weighted by Crippen LogP contribution is 2.54. The molecule has 0 radical (unpaired) electrons. The number of methoxy groups -OCH3 is 1. The summed E-state index contributed by atoms with van der Waals surface area (Å²) < 4.78 is 10.7. The second-order valence-electron chi connectivity index (χ2n) is 6.92. The van der Waals surface area contributed by atoms with Crippen LogP contribution in [0.5, 0.6) is 5.75 Å². The third kappa shape index (κ3) is 2.85. The van der Waals surface area contributed by atoms with Crippen LogP contribution in [0.3, 0.4) is 0 Å². The second-order valence-corrected chi connectivity index (χ2v) is 6.92. The quantitative estimate of drug-likeness (QED) is 0.372. The first-order valence-electron chi connectivity index (χ1n) is 9.30. The maximum absolute atomic E-state index is 13.6. The van der Waals surface area contributed by atoms with Crippen LogP contribution >= 0.6 is 0 Å². The Hall–Kier alpha value is -3.66. The van der Waals surface area contributed by atoms with E-state index in [0.29, 0.717) is 11.3 Å². The zero-order valence-corrected chi connectivity index (χ0v) is 16.0. The molecule has 29 heavy (non-hydrogen) atoms. The highest BCUT2D eigenvalue weighted by Gasteiger charge is 2.57. The zero-order chi connectivity index (χ0) is 20.4. The Morgan fingerprint density at radius 1 is 0.931 bits per heavy atom. The average Bonchev–Trinajstić information content (AvgIpc) is 3.07. The van der Waals surface area contributed by atoms with Crippen LogP contribution in [0.4, 0.5) is 0 Å². The lowest BCUT2D eigenvalue weighted by Crippen LogP contribution is -2.43. The number of ether oxygens (including phenoxy) is 2. The molecule has 2 atom stereocenters. The molecule has 0 amide bonds. The summed E-state index contributed by atoms with van der Waals surface area (Å²) in [6.07, 6.45) is 0. The molecule has 0 aliphatic carbocycles. The molecule has 0 fully saturated rings. The van der Waals surface area contributed by atoms with Crippen LogP contribution < -0.4 is 4.74 Å². The summed E-state index contributed by atoms with van der Waals surface area (Å²) in [6.45, 7) is 4.04. The van der Waals surface area contributed by atoms with E-state index in [-0.39, 0.29) is 5.57 Å². The standard InChI is InChI=1S/C25H20O4/c1-17(23(26)28-2)22(18-11-5-3-6-12-18)25(19-13-7-4-8-14-19)20-15-9-10-16-21(20)29-24(25)27/h3-16,22H,1H2,2H3/t22-,25-/m0/s1. The summed E-state index contributed by atoms with van der Waals surface area (Å²) in [5.74, 6) is -1.22. The number of carbonyl (C=O) groups excluding carboxylic acids is 2. The summed E-state index contributed by atoms with van der Waals surface area (Å²) >= 11 is 0. The number of rotatable bonds is 5. The molecule has 0 spiro atoms. The van der Waals surface area contributed by atoms with E-state index in [2.05, 4.69) is 6.58 Å². The van der Waals surface area contributed by atoms with Gasteiger partial charge in [0, 0.05) is 17.1 Å². The Balaban J connectivity index is 2.08. The lowest BCUT2D eigenvalue weighted by Gasteiger charge is -2.36. The summed E-state index contributed by atoms with van der Waals surface area (Å²) in [4.78, 5) is 26.2. The van der Waals surface area contributed by atoms with Crippen molar-refractivity contribution < 1.29 is 19.1 Å². The smallest absolute Gasteiger partial charge is 0.333 e. The van der Waals surface area contributed by atoms with Gasteiger partial charge in [0.25, 0.3) is 0 Å². The molecule has 0 aromatic heterocycles. The Bertz CT molecular complexity index is 1070. The summed E-state index contributed by atoms with van der Waals surface area (Å²) in [6, 6.07) is 26.1. The molecule has 0 saturated heterocycles. The van der Waals surface area contributed by atoms with Gasteiger partial charge in [0.05, 0.1) is 7.11 Å². The number of para-hydroxylation sites is 1.